The van der Waals surface area contributed by atoms with Gasteiger partial charge in [0, 0.05) is 19.3 Å². The van der Waals surface area contributed by atoms with E-state index >= 15 is 0 Å². The molecule has 1 atom stereocenters. The molecule has 23 heavy (non-hydrogen) atoms. The van der Waals surface area contributed by atoms with Crippen LogP contribution in [-0.2, 0) is 13.5 Å². The highest BCUT2D eigenvalue weighted by atomic mass is 16.2. The highest BCUT2D eigenvalue weighted by molar-refractivity contribution is 6.07. The van der Waals surface area contributed by atoms with Crippen LogP contribution >= 0.6 is 0 Å². The molecule has 1 aromatic carbocycles. The largest absolute Gasteiger partial charge is 0.308 e. The number of anilines is 1. The summed E-state index contributed by atoms with van der Waals surface area (Å²) in [6.07, 6.45) is 0.951. The van der Waals surface area contributed by atoms with Crippen molar-refractivity contribution in [1.29, 1.82) is 0 Å². The van der Waals surface area contributed by atoms with Gasteiger partial charge in [-0.1, -0.05) is 25.1 Å². The molecular weight excluding hydrogens is 290 g/mol. The number of fused-ring (bicyclic) bond motifs is 1. The molecule has 3 rings (SSSR count). The van der Waals surface area contributed by atoms with Crippen LogP contribution in [-0.4, -0.2) is 22.2 Å². The number of rotatable bonds is 1. The number of carbonyl (C=O) groups is 1. The van der Waals surface area contributed by atoms with E-state index in [1.165, 1.54) is 4.68 Å². The molecule has 0 aliphatic carbocycles. The average Bonchev–Trinajstić information content (AvgIpc) is 2.52. The van der Waals surface area contributed by atoms with Crippen LogP contribution in [0.25, 0.3) is 0 Å². The topological polar surface area (TPSA) is 55.2 Å². The molecule has 0 saturated heterocycles. The smallest absolute Gasteiger partial charge is 0.279 e. The van der Waals surface area contributed by atoms with Crippen molar-refractivity contribution in [2.75, 3.05) is 11.4 Å². The van der Waals surface area contributed by atoms with Gasteiger partial charge in [-0.3, -0.25) is 9.59 Å². The molecule has 120 valence electrons. The van der Waals surface area contributed by atoms with Crippen LogP contribution in [0.5, 0.6) is 0 Å². The van der Waals surface area contributed by atoms with E-state index in [0.717, 1.165) is 17.7 Å². The molecule has 2 aromatic rings. The highest BCUT2D eigenvalue weighted by Gasteiger charge is 2.30. The average molecular weight is 311 g/mol. The number of carbonyl (C=O) groups excluding carboxylic acids is 1. The number of amides is 1. The lowest BCUT2D eigenvalue weighted by molar-refractivity contribution is 0.0978. The van der Waals surface area contributed by atoms with E-state index in [1.807, 2.05) is 31.2 Å². The first kappa shape index (κ1) is 15.5. The minimum absolute atomic E-state index is 0.226. The Morgan fingerprint density at radius 3 is 2.70 bits per heavy atom. The quantitative estimate of drug-likeness (QED) is 0.811. The second-order valence-corrected chi connectivity index (χ2v) is 6.37. The summed E-state index contributed by atoms with van der Waals surface area (Å²) in [5, 5.41) is 4.15. The zero-order valence-electron chi connectivity index (χ0n) is 14.0. The summed E-state index contributed by atoms with van der Waals surface area (Å²) in [7, 11) is 1.58. The lowest BCUT2D eigenvalue weighted by Crippen LogP contribution is -2.43. The number of aromatic nitrogens is 2. The van der Waals surface area contributed by atoms with Crippen molar-refractivity contribution in [1.82, 2.24) is 9.78 Å². The van der Waals surface area contributed by atoms with Crippen molar-refractivity contribution >= 4 is 11.6 Å². The minimum Gasteiger partial charge on any atom is -0.308 e. The van der Waals surface area contributed by atoms with Crippen LogP contribution < -0.4 is 10.5 Å². The molecule has 0 bridgehead atoms. The first-order valence-electron chi connectivity index (χ1n) is 7.84. The van der Waals surface area contributed by atoms with Gasteiger partial charge in [-0.05, 0) is 43.4 Å². The Labute approximate surface area is 135 Å². The highest BCUT2D eigenvalue weighted by Crippen LogP contribution is 2.30. The van der Waals surface area contributed by atoms with Crippen LogP contribution in [0.1, 0.15) is 34.1 Å². The number of benzene rings is 1. The Hall–Kier alpha value is -2.43. The second kappa shape index (κ2) is 5.65. The Morgan fingerprint density at radius 1 is 1.26 bits per heavy atom. The van der Waals surface area contributed by atoms with Gasteiger partial charge in [-0.25, -0.2) is 4.68 Å². The van der Waals surface area contributed by atoms with Gasteiger partial charge < -0.3 is 4.90 Å². The van der Waals surface area contributed by atoms with E-state index in [9.17, 15) is 9.59 Å². The van der Waals surface area contributed by atoms with Crippen LogP contribution in [0.4, 0.5) is 5.69 Å². The van der Waals surface area contributed by atoms with Crippen molar-refractivity contribution in [2.45, 2.75) is 27.2 Å². The van der Waals surface area contributed by atoms with Crippen molar-refractivity contribution < 1.29 is 4.79 Å². The van der Waals surface area contributed by atoms with E-state index in [-0.39, 0.29) is 17.0 Å². The monoisotopic (exact) mass is 311 g/mol. The molecular formula is C18H21N3O2. The molecule has 1 amide bonds. The molecule has 0 saturated carbocycles. The predicted octanol–water partition coefficient (Wildman–Crippen LogP) is 2.24. The lowest BCUT2D eigenvalue weighted by atomic mass is 9.93. The third-order valence-corrected chi connectivity index (χ3v) is 4.53. The first-order valence-corrected chi connectivity index (χ1v) is 7.84. The maximum Gasteiger partial charge on any atom is 0.279 e. The standard InChI is InChI=1S/C18H21N3O2/c1-11-9-14-7-5-6-8-15(14)21(10-11)18(23)16-12(2)13(3)19-20(4)17(16)22/h5-8,11H,9-10H2,1-4H3. The van der Waals surface area contributed by atoms with Crippen LogP contribution in [0.2, 0.25) is 0 Å². The SMILES string of the molecule is Cc1nn(C)c(=O)c(C(=O)N2CC(C)Cc3ccccc32)c1C. The first-order chi connectivity index (χ1) is 10.9. The molecule has 0 radical (unpaired) electrons. The summed E-state index contributed by atoms with van der Waals surface area (Å²) in [6, 6.07) is 7.92. The summed E-state index contributed by atoms with van der Waals surface area (Å²) in [5.41, 5.74) is 3.31. The number of hydrogen-bond acceptors (Lipinski definition) is 3. The zero-order chi connectivity index (χ0) is 16.7. The zero-order valence-corrected chi connectivity index (χ0v) is 14.0. The molecule has 0 spiro atoms. The Balaban J connectivity index is 2.14. The summed E-state index contributed by atoms with van der Waals surface area (Å²) >= 11 is 0. The van der Waals surface area contributed by atoms with E-state index in [4.69, 9.17) is 0 Å². The van der Waals surface area contributed by atoms with Gasteiger partial charge in [0.05, 0.1) is 5.69 Å². The van der Waals surface area contributed by atoms with Gasteiger partial charge in [0.2, 0.25) is 0 Å². The molecule has 5 heteroatoms. The van der Waals surface area contributed by atoms with Crippen molar-refractivity contribution in [3.8, 4) is 0 Å². The molecule has 1 aliphatic heterocycles. The molecule has 1 aliphatic rings. The fourth-order valence-electron chi connectivity index (χ4n) is 3.22. The van der Waals surface area contributed by atoms with Crippen molar-refractivity contribution in [3.05, 3.63) is 57.0 Å². The van der Waals surface area contributed by atoms with E-state index in [0.29, 0.717) is 23.7 Å². The third kappa shape index (κ3) is 2.56. The van der Waals surface area contributed by atoms with Crippen molar-refractivity contribution in [3.63, 3.8) is 0 Å². The van der Waals surface area contributed by atoms with Crippen molar-refractivity contribution in [2.24, 2.45) is 13.0 Å². The molecule has 0 fully saturated rings. The summed E-state index contributed by atoms with van der Waals surface area (Å²) in [6.45, 7) is 6.35. The maximum absolute atomic E-state index is 13.1. The number of para-hydroxylation sites is 1. The number of hydrogen-bond donors (Lipinski definition) is 0. The summed E-state index contributed by atoms with van der Waals surface area (Å²) in [4.78, 5) is 27.4. The Bertz CT molecular complexity index is 839. The van der Waals surface area contributed by atoms with E-state index in [1.54, 1.807) is 18.9 Å². The van der Waals surface area contributed by atoms with Gasteiger partial charge in [0.25, 0.3) is 11.5 Å². The number of aryl methyl sites for hydroxylation is 2. The number of nitrogens with zero attached hydrogens (tertiary/aromatic N) is 3. The van der Waals surface area contributed by atoms with Gasteiger partial charge in [0.15, 0.2) is 0 Å². The fourth-order valence-corrected chi connectivity index (χ4v) is 3.22. The molecule has 5 nitrogen and oxygen atoms in total. The predicted molar refractivity (Wildman–Crippen MR) is 89.9 cm³/mol. The van der Waals surface area contributed by atoms with Crippen LogP contribution in [0, 0.1) is 19.8 Å². The molecule has 2 heterocycles. The summed E-state index contributed by atoms with van der Waals surface area (Å²) in [5.74, 6) is 0.133. The Morgan fingerprint density at radius 2 is 1.96 bits per heavy atom. The lowest BCUT2D eigenvalue weighted by Gasteiger charge is -2.33. The van der Waals surface area contributed by atoms with Gasteiger partial charge in [-0.15, -0.1) is 0 Å². The fraction of sp³-hybridized carbons (Fsp3) is 0.389. The normalized spacial score (nSPS) is 17.0. The van der Waals surface area contributed by atoms with E-state index < -0.39 is 0 Å². The van der Waals surface area contributed by atoms with Crippen LogP contribution in [0.3, 0.4) is 0 Å². The Kier molecular flexibility index (Phi) is 3.80. The van der Waals surface area contributed by atoms with Gasteiger partial charge in [0.1, 0.15) is 5.56 Å². The minimum atomic E-state index is -0.339. The summed E-state index contributed by atoms with van der Waals surface area (Å²) < 4.78 is 1.24. The van der Waals surface area contributed by atoms with E-state index in [2.05, 4.69) is 12.0 Å². The molecule has 1 aromatic heterocycles. The van der Waals surface area contributed by atoms with Gasteiger partial charge in [-0.2, -0.15) is 5.10 Å². The molecule has 1 unspecified atom stereocenters. The molecule has 0 N–H and O–H groups in total. The van der Waals surface area contributed by atoms with Gasteiger partial charge >= 0.3 is 0 Å². The van der Waals surface area contributed by atoms with Crippen LogP contribution in [0.15, 0.2) is 29.1 Å². The second-order valence-electron chi connectivity index (χ2n) is 6.37. The third-order valence-electron chi connectivity index (χ3n) is 4.53. The maximum atomic E-state index is 13.1.